The highest BCUT2D eigenvalue weighted by Gasteiger charge is 2.45. The minimum atomic E-state index is -4.16. The lowest BCUT2D eigenvalue weighted by atomic mass is 9.98. The number of anilines is 1. The van der Waals surface area contributed by atoms with Gasteiger partial charge >= 0.3 is 5.97 Å². The highest BCUT2D eigenvalue weighted by molar-refractivity contribution is 7.92. The van der Waals surface area contributed by atoms with Crippen molar-refractivity contribution in [3.63, 3.8) is 0 Å². The van der Waals surface area contributed by atoms with E-state index in [2.05, 4.69) is 16.5 Å². The molecule has 1 saturated carbocycles. The van der Waals surface area contributed by atoms with Crippen molar-refractivity contribution in [2.24, 2.45) is 11.8 Å². The molecule has 9 heteroatoms. The van der Waals surface area contributed by atoms with Crippen molar-refractivity contribution >= 4 is 21.7 Å². The molecular formula is C24H27FN2O5S. The number of likely N-dealkylation sites (tertiary alicyclic amines) is 1. The van der Waals surface area contributed by atoms with Crippen molar-refractivity contribution in [1.82, 2.24) is 4.90 Å². The van der Waals surface area contributed by atoms with Gasteiger partial charge in [0.2, 0.25) is 0 Å². The van der Waals surface area contributed by atoms with Crippen LogP contribution in [0, 0.1) is 17.7 Å². The van der Waals surface area contributed by atoms with Gasteiger partial charge in [0, 0.05) is 12.5 Å². The molecule has 2 aromatic rings. The first-order valence-electron chi connectivity index (χ1n) is 11.3. The number of ether oxygens (including phenoxy) is 1. The van der Waals surface area contributed by atoms with Crippen molar-refractivity contribution < 1.29 is 27.4 Å². The Balaban J connectivity index is 1.47. The molecule has 7 nitrogen and oxygen atoms in total. The number of carboxylic acid groups (broad SMARTS) is 1. The molecule has 2 aliphatic heterocycles. The normalized spacial score (nSPS) is 24.0. The number of aromatic carboxylic acids is 1. The summed E-state index contributed by atoms with van der Waals surface area (Å²) >= 11 is 0. The summed E-state index contributed by atoms with van der Waals surface area (Å²) in [5.74, 6) is -0.599. The first-order valence-corrected chi connectivity index (χ1v) is 12.8. The topological polar surface area (TPSA) is 95.9 Å². The average molecular weight is 475 g/mol. The summed E-state index contributed by atoms with van der Waals surface area (Å²) < 4.78 is 48.9. The summed E-state index contributed by atoms with van der Waals surface area (Å²) in [6, 6.07) is 6.87. The van der Waals surface area contributed by atoms with Gasteiger partial charge in [0.15, 0.2) is 0 Å². The average Bonchev–Trinajstić information content (AvgIpc) is 3.43. The number of hydrogen-bond acceptors (Lipinski definition) is 5. The highest BCUT2D eigenvalue weighted by atomic mass is 32.2. The van der Waals surface area contributed by atoms with Gasteiger partial charge in [0.05, 0.1) is 17.2 Å². The van der Waals surface area contributed by atoms with E-state index in [1.807, 2.05) is 0 Å². The molecule has 2 aromatic carbocycles. The van der Waals surface area contributed by atoms with Crippen LogP contribution in [0.4, 0.5) is 10.1 Å². The van der Waals surface area contributed by atoms with Crippen molar-refractivity contribution in [2.45, 2.75) is 37.0 Å². The van der Waals surface area contributed by atoms with E-state index in [1.54, 1.807) is 6.07 Å². The molecule has 2 heterocycles. The van der Waals surface area contributed by atoms with Crippen LogP contribution in [-0.4, -0.2) is 50.6 Å². The summed E-state index contributed by atoms with van der Waals surface area (Å²) in [4.78, 5) is 14.3. The Morgan fingerprint density at radius 3 is 2.85 bits per heavy atom. The first kappa shape index (κ1) is 22.2. The SMILES string of the molecule is CCN1CC[C@H](Cc2cc(F)ccc2S(=O)(=O)Nc2ccc3c(c2C(=O)O)OC[C@H]2C[C@@H]32)C1. The fourth-order valence-corrected chi connectivity index (χ4v) is 6.50. The van der Waals surface area contributed by atoms with E-state index < -0.39 is 21.8 Å². The van der Waals surface area contributed by atoms with Crippen LogP contribution >= 0.6 is 0 Å². The molecule has 3 atom stereocenters. The maximum Gasteiger partial charge on any atom is 0.341 e. The van der Waals surface area contributed by atoms with Crippen LogP contribution in [0.3, 0.4) is 0 Å². The molecule has 0 bridgehead atoms. The lowest BCUT2D eigenvalue weighted by Gasteiger charge is -2.21. The van der Waals surface area contributed by atoms with E-state index in [1.165, 1.54) is 18.2 Å². The summed E-state index contributed by atoms with van der Waals surface area (Å²) in [6.07, 6.45) is 2.31. The Kier molecular flexibility index (Phi) is 5.56. The predicted molar refractivity (Wildman–Crippen MR) is 121 cm³/mol. The summed E-state index contributed by atoms with van der Waals surface area (Å²) in [6.45, 7) is 5.22. The zero-order chi connectivity index (χ0) is 23.3. The van der Waals surface area contributed by atoms with Gasteiger partial charge in [-0.2, -0.15) is 0 Å². The fraction of sp³-hybridized carbons (Fsp3) is 0.458. The molecule has 0 unspecified atom stereocenters. The van der Waals surface area contributed by atoms with Gasteiger partial charge < -0.3 is 14.7 Å². The molecule has 3 aliphatic rings. The summed E-state index contributed by atoms with van der Waals surface area (Å²) in [5, 5.41) is 9.85. The van der Waals surface area contributed by atoms with Gasteiger partial charge in [0.25, 0.3) is 10.0 Å². The van der Waals surface area contributed by atoms with Crippen LogP contribution in [-0.2, 0) is 16.4 Å². The van der Waals surface area contributed by atoms with Crippen LogP contribution in [0.25, 0.3) is 0 Å². The van der Waals surface area contributed by atoms with Gasteiger partial charge in [0.1, 0.15) is 17.1 Å². The lowest BCUT2D eigenvalue weighted by molar-refractivity contribution is 0.0692. The largest absolute Gasteiger partial charge is 0.492 e. The van der Waals surface area contributed by atoms with Gasteiger partial charge in [-0.15, -0.1) is 0 Å². The Bertz CT molecular complexity index is 1220. The maximum absolute atomic E-state index is 14.1. The third-order valence-corrected chi connectivity index (χ3v) is 8.51. The van der Waals surface area contributed by atoms with Crippen LogP contribution in [0.1, 0.15) is 47.2 Å². The second-order valence-electron chi connectivity index (χ2n) is 9.23. The van der Waals surface area contributed by atoms with Crippen molar-refractivity contribution in [2.75, 3.05) is 31.0 Å². The molecule has 1 aliphatic carbocycles. The Labute approximate surface area is 192 Å². The molecule has 0 radical (unpaired) electrons. The maximum atomic E-state index is 14.1. The van der Waals surface area contributed by atoms with Gasteiger partial charge in [-0.05, 0) is 79.6 Å². The first-order chi connectivity index (χ1) is 15.8. The Morgan fingerprint density at radius 2 is 2.12 bits per heavy atom. The van der Waals surface area contributed by atoms with E-state index in [9.17, 15) is 22.7 Å². The number of hydrogen-bond donors (Lipinski definition) is 2. The molecule has 2 fully saturated rings. The van der Waals surface area contributed by atoms with E-state index in [0.717, 1.165) is 44.1 Å². The number of nitrogens with zero attached hydrogens (tertiary/aromatic N) is 1. The minimum Gasteiger partial charge on any atom is -0.492 e. The fourth-order valence-electron chi connectivity index (χ4n) is 5.19. The third-order valence-electron chi connectivity index (χ3n) is 7.05. The number of rotatable bonds is 7. The standard InChI is InChI=1S/C24H27FN2O5S/c1-2-27-8-7-14(12-27)9-15-10-17(25)3-6-21(15)33(30,31)26-20-5-4-18-19-11-16(19)13-32-23(18)22(20)24(28)29/h3-6,10,14,16,19,26H,2,7-9,11-13H2,1H3,(H,28,29)/t14-,16-,19-/m1/s1. The Morgan fingerprint density at radius 1 is 1.30 bits per heavy atom. The summed E-state index contributed by atoms with van der Waals surface area (Å²) in [5.41, 5.74) is 0.987. The summed E-state index contributed by atoms with van der Waals surface area (Å²) in [7, 11) is -4.16. The number of carbonyl (C=O) groups is 1. The quantitative estimate of drug-likeness (QED) is 0.635. The van der Waals surface area contributed by atoms with Gasteiger partial charge in [-0.25, -0.2) is 17.6 Å². The van der Waals surface area contributed by atoms with E-state index in [4.69, 9.17) is 4.74 Å². The zero-order valence-corrected chi connectivity index (χ0v) is 19.2. The smallest absolute Gasteiger partial charge is 0.341 e. The van der Waals surface area contributed by atoms with Crippen molar-refractivity contribution in [3.05, 3.63) is 52.8 Å². The number of benzene rings is 2. The number of sulfonamides is 1. The molecule has 2 N–H and O–H groups in total. The number of halogens is 1. The number of fused-ring (bicyclic) bond motifs is 3. The molecule has 0 amide bonds. The van der Waals surface area contributed by atoms with E-state index in [-0.39, 0.29) is 33.7 Å². The lowest BCUT2D eigenvalue weighted by Crippen LogP contribution is -2.22. The molecule has 176 valence electrons. The van der Waals surface area contributed by atoms with E-state index >= 15 is 0 Å². The van der Waals surface area contributed by atoms with Crippen molar-refractivity contribution in [1.29, 1.82) is 0 Å². The van der Waals surface area contributed by atoms with Gasteiger partial charge in [-0.3, -0.25) is 4.72 Å². The van der Waals surface area contributed by atoms with Gasteiger partial charge in [-0.1, -0.05) is 13.0 Å². The molecule has 5 rings (SSSR count). The molecule has 33 heavy (non-hydrogen) atoms. The highest BCUT2D eigenvalue weighted by Crippen LogP contribution is 2.55. The predicted octanol–water partition coefficient (Wildman–Crippen LogP) is 3.70. The second kappa shape index (κ2) is 8.29. The molecular weight excluding hydrogens is 447 g/mol. The number of nitrogens with one attached hydrogen (secondary N) is 1. The zero-order valence-electron chi connectivity index (χ0n) is 18.4. The molecule has 0 aromatic heterocycles. The minimum absolute atomic E-state index is 0.0314. The monoisotopic (exact) mass is 474 g/mol. The second-order valence-corrected chi connectivity index (χ2v) is 10.9. The van der Waals surface area contributed by atoms with Crippen LogP contribution in [0.2, 0.25) is 0 Å². The van der Waals surface area contributed by atoms with Crippen LogP contribution < -0.4 is 9.46 Å². The Hall–Kier alpha value is -2.65. The molecule has 0 spiro atoms. The van der Waals surface area contributed by atoms with Crippen LogP contribution in [0.15, 0.2) is 35.2 Å². The van der Waals surface area contributed by atoms with Crippen molar-refractivity contribution in [3.8, 4) is 5.75 Å². The third kappa shape index (κ3) is 4.19. The van der Waals surface area contributed by atoms with Crippen LogP contribution in [0.5, 0.6) is 5.75 Å². The number of carboxylic acids is 1. The molecule has 1 saturated heterocycles. The van der Waals surface area contributed by atoms with E-state index in [0.29, 0.717) is 24.5 Å².